The highest BCUT2D eigenvalue weighted by Crippen LogP contribution is 2.12. The zero-order valence-corrected chi connectivity index (χ0v) is 11.0. The van der Waals surface area contributed by atoms with Gasteiger partial charge in [0, 0.05) is 5.41 Å². The molecule has 0 bridgehead atoms. The lowest BCUT2D eigenvalue weighted by Crippen LogP contribution is -2.07. The Bertz CT molecular complexity index is 438. The Morgan fingerprint density at radius 3 is 2.35 bits per heavy atom. The van der Waals surface area contributed by atoms with Gasteiger partial charge in [-0.15, -0.1) is 0 Å². The minimum atomic E-state index is -0.686. The summed E-state index contributed by atoms with van der Waals surface area (Å²) in [5.41, 5.74) is 1.88. The highest BCUT2D eigenvalue weighted by atomic mass is 16.3. The van der Waals surface area contributed by atoms with Crippen molar-refractivity contribution in [2.24, 2.45) is 5.41 Å². The minimum Gasteiger partial charge on any atom is -0.376 e. The quantitative estimate of drug-likeness (QED) is 0.768. The molecule has 1 heteroatoms. The fourth-order valence-corrected chi connectivity index (χ4v) is 1.29. The molecule has 1 N–H and O–H groups in total. The molecular formula is C16H20O. The molecule has 1 aromatic rings. The summed E-state index contributed by atoms with van der Waals surface area (Å²) in [5, 5.41) is 9.90. The van der Waals surface area contributed by atoms with Crippen LogP contribution in [0.5, 0.6) is 0 Å². The monoisotopic (exact) mass is 228 g/mol. The third kappa shape index (κ3) is 5.38. The molecule has 17 heavy (non-hydrogen) atoms. The largest absolute Gasteiger partial charge is 0.376 e. The van der Waals surface area contributed by atoms with Crippen molar-refractivity contribution in [3.8, 4) is 11.8 Å². The molecule has 0 saturated carbocycles. The van der Waals surface area contributed by atoms with Crippen molar-refractivity contribution < 1.29 is 5.11 Å². The van der Waals surface area contributed by atoms with Crippen LogP contribution in [-0.2, 0) is 0 Å². The first-order chi connectivity index (χ1) is 7.88. The van der Waals surface area contributed by atoms with Gasteiger partial charge in [0.2, 0.25) is 0 Å². The number of hydrogen-bond acceptors (Lipinski definition) is 1. The van der Waals surface area contributed by atoms with Gasteiger partial charge in [0.05, 0.1) is 0 Å². The molecule has 0 aliphatic heterocycles. The third-order valence-corrected chi connectivity index (χ3v) is 2.21. The van der Waals surface area contributed by atoms with Crippen molar-refractivity contribution in [3.05, 3.63) is 41.5 Å². The van der Waals surface area contributed by atoms with Crippen LogP contribution in [0.4, 0.5) is 0 Å². The minimum absolute atomic E-state index is 0.0754. The summed E-state index contributed by atoms with van der Waals surface area (Å²) in [5.74, 6) is 5.93. The molecule has 0 aliphatic carbocycles. The van der Waals surface area contributed by atoms with E-state index < -0.39 is 6.10 Å². The molecule has 0 radical (unpaired) electrons. The van der Waals surface area contributed by atoms with Crippen molar-refractivity contribution in [2.75, 3.05) is 0 Å². The highest BCUT2D eigenvalue weighted by molar-refractivity contribution is 5.54. The second kappa shape index (κ2) is 5.70. The van der Waals surface area contributed by atoms with Gasteiger partial charge >= 0.3 is 0 Å². The molecule has 0 unspecified atom stereocenters. The lowest BCUT2D eigenvalue weighted by molar-refractivity contribution is 0.269. The zero-order valence-electron chi connectivity index (χ0n) is 11.0. The molecule has 1 nitrogen and oxygen atoms in total. The molecule has 0 heterocycles. The van der Waals surface area contributed by atoms with E-state index in [0.717, 1.165) is 11.1 Å². The third-order valence-electron chi connectivity index (χ3n) is 2.21. The van der Waals surface area contributed by atoms with Crippen molar-refractivity contribution in [1.29, 1.82) is 0 Å². The van der Waals surface area contributed by atoms with E-state index in [4.69, 9.17) is 0 Å². The van der Waals surface area contributed by atoms with Crippen molar-refractivity contribution in [3.63, 3.8) is 0 Å². The van der Waals surface area contributed by atoms with Gasteiger partial charge in [-0.2, -0.15) is 0 Å². The molecule has 1 rings (SSSR count). The average Bonchev–Trinajstić information content (AvgIpc) is 2.26. The van der Waals surface area contributed by atoms with Gasteiger partial charge < -0.3 is 5.11 Å². The smallest absolute Gasteiger partial charge is 0.136 e. The number of benzene rings is 1. The van der Waals surface area contributed by atoms with Crippen LogP contribution in [0.1, 0.15) is 33.3 Å². The van der Waals surface area contributed by atoms with Gasteiger partial charge in [0.1, 0.15) is 6.10 Å². The first-order valence-electron chi connectivity index (χ1n) is 5.82. The number of aliphatic hydroxyl groups is 1. The molecule has 0 fully saturated rings. The maximum atomic E-state index is 9.90. The average molecular weight is 228 g/mol. The lowest BCUT2D eigenvalue weighted by Gasteiger charge is -2.09. The van der Waals surface area contributed by atoms with Gasteiger partial charge in [0.25, 0.3) is 0 Å². The lowest BCUT2D eigenvalue weighted by atomic mass is 9.97. The maximum absolute atomic E-state index is 9.90. The molecule has 90 valence electrons. The molecular weight excluding hydrogens is 208 g/mol. The van der Waals surface area contributed by atoms with E-state index in [0.29, 0.717) is 0 Å². The summed E-state index contributed by atoms with van der Waals surface area (Å²) < 4.78 is 0. The van der Waals surface area contributed by atoms with Crippen LogP contribution < -0.4 is 0 Å². The SMILES string of the molecule is C/C(=C\c1ccccc1)[C@@H](O)C#CC(C)(C)C. The van der Waals surface area contributed by atoms with E-state index >= 15 is 0 Å². The van der Waals surface area contributed by atoms with Crippen LogP contribution in [0.15, 0.2) is 35.9 Å². The van der Waals surface area contributed by atoms with E-state index in [1.165, 1.54) is 0 Å². The summed E-state index contributed by atoms with van der Waals surface area (Å²) in [7, 11) is 0. The Morgan fingerprint density at radius 2 is 1.82 bits per heavy atom. The van der Waals surface area contributed by atoms with Gasteiger partial charge in [-0.25, -0.2) is 0 Å². The normalized spacial score (nSPS) is 13.8. The molecule has 0 saturated heterocycles. The van der Waals surface area contributed by atoms with Gasteiger partial charge in [0.15, 0.2) is 0 Å². The van der Waals surface area contributed by atoms with Crippen molar-refractivity contribution in [1.82, 2.24) is 0 Å². The van der Waals surface area contributed by atoms with Crippen LogP contribution in [-0.4, -0.2) is 11.2 Å². The Balaban J connectivity index is 2.79. The second-order valence-electron chi connectivity index (χ2n) is 5.22. The van der Waals surface area contributed by atoms with E-state index in [9.17, 15) is 5.11 Å². The maximum Gasteiger partial charge on any atom is 0.136 e. The van der Waals surface area contributed by atoms with E-state index in [1.807, 2.05) is 64.1 Å². The fourth-order valence-electron chi connectivity index (χ4n) is 1.29. The molecule has 0 spiro atoms. The van der Waals surface area contributed by atoms with Crippen LogP contribution in [0.2, 0.25) is 0 Å². The zero-order chi connectivity index (χ0) is 12.9. The van der Waals surface area contributed by atoms with Crippen LogP contribution in [0.25, 0.3) is 6.08 Å². The van der Waals surface area contributed by atoms with E-state index in [2.05, 4.69) is 11.8 Å². The highest BCUT2D eigenvalue weighted by Gasteiger charge is 2.06. The number of hydrogen-bond donors (Lipinski definition) is 1. The Hall–Kier alpha value is -1.52. The summed E-state index contributed by atoms with van der Waals surface area (Å²) in [4.78, 5) is 0. The Morgan fingerprint density at radius 1 is 1.24 bits per heavy atom. The van der Waals surface area contributed by atoms with Crippen LogP contribution in [0.3, 0.4) is 0 Å². The van der Waals surface area contributed by atoms with Crippen LogP contribution >= 0.6 is 0 Å². The first-order valence-corrected chi connectivity index (χ1v) is 5.82. The standard InChI is InChI=1S/C16H20O/c1-13(12-14-8-6-5-7-9-14)15(17)10-11-16(2,3)4/h5-9,12,15,17H,1-4H3/b13-12+/t15-/m0/s1. The van der Waals surface area contributed by atoms with Gasteiger partial charge in [-0.1, -0.05) is 48.2 Å². The predicted octanol–water partition coefficient (Wildman–Crippen LogP) is 3.50. The molecule has 1 aromatic carbocycles. The number of rotatable bonds is 2. The molecule has 0 aliphatic rings. The summed E-state index contributed by atoms with van der Waals surface area (Å²) in [6.45, 7) is 7.99. The fraction of sp³-hybridized carbons (Fsp3) is 0.375. The topological polar surface area (TPSA) is 20.2 Å². The second-order valence-corrected chi connectivity index (χ2v) is 5.22. The molecule has 0 aromatic heterocycles. The van der Waals surface area contributed by atoms with Crippen molar-refractivity contribution in [2.45, 2.75) is 33.8 Å². The summed E-state index contributed by atoms with van der Waals surface area (Å²) >= 11 is 0. The summed E-state index contributed by atoms with van der Waals surface area (Å²) in [6.07, 6.45) is 1.27. The van der Waals surface area contributed by atoms with E-state index in [1.54, 1.807) is 0 Å². The van der Waals surface area contributed by atoms with E-state index in [-0.39, 0.29) is 5.41 Å². The molecule has 0 amide bonds. The predicted molar refractivity (Wildman–Crippen MR) is 73.3 cm³/mol. The van der Waals surface area contributed by atoms with Crippen molar-refractivity contribution >= 4 is 6.08 Å². The van der Waals surface area contributed by atoms with Gasteiger partial charge in [-0.05, 0) is 38.8 Å². The molecule has 1 atom stereocenters. The number of aliphatic hydroxyl groups excluding tert-OH is 1. The first kappa shape index (κ1) is 13.5. The summed E-state index contributed by atoms with van der Waals surface area (Å²) in [6, 6.07) is 9.95. The van der Waals surface area contributed by atoms with Gasteiger partial charge in [-0.3, -0.25) is 0 Å². The Labute approximate surface area is 104 Å². The Kier molecular flexibility index (Phi) is 4.54. The van der Waals surface area contributed by atoms with Crippen LogP contribution in [0, 0.1) is 17.3 Å².